The van der Waals surface area contributed by atoms with Gasteiger partial charge < -0.3 is 5.11 Å². The maximum atomic E-state index is 13.3. The van der Waals surface area contributed by atoms with Crippen LogP contribution in [0, 0.1) is 3.70 Å². The van der Waals surface area contributed by atoms with Gasteiger partial charge in [0.15, 0.2) is 0 Å². The molecule has 0 spiro atoms. The van der Waals surface area contributed by atoms with Crippen molar-refractivity contribution >= 4 is 49.4 Å². The zero-order valence-corrected chi connectivity index (χ0v) is 14.6. The minimum absolute atomic E-state index is 0.0931. The highest BCUT2D eigenvalue weighted by Gasteiger charge is 2.43. The lowest BCUT2D eigenvalue weighted by atomic mass is 9.77. The molecule has 1 saturated carbocycles. The highest BCUT2D eigenvalue weighted by atomic mass is 127. The van der Waals surface area contributed by atoms with Crippen LogP contribution in [0.25, 0.3) is 10.9 Å². The van der Waals surface area contributed by atoms with E-state index in [1.807, 2.05) is 22.6 Å². The fourth-order valence-corrected chi connectivity index (χ4v) is 3.91. The third-order valence-corrected chi connectivity index (χ3v) is 4.98. The summed E-state index contributed by atoms with van der Waals surface area (Å²) in [4.78, 5) is 0. The van der Waals surface area contributed by atoms with Gasteiger partial charge in [0, 0.05) is 9.86 Å². The van der Waals surface area contributed by atoms with Crippen LogP contribution in [0.15, 0.2) is 16.6 Å². The number of nitrogens with zero attached hydrogens (tertiary/aromatic N) is 2. The van der Waals surface area contributed by atoms with E-state index in [1.54, 1.807) is 13.0 Å². The first-order valence-electron chi connectivity index (χ1n) is 6.25. The van der Waals surface area contributed by atoms with Gasteiger partial charge in [0.25, 0.3) is 0 Å². The molecule has 1 fully saturated rings. The number of halogens is 5. The van der Waals surface area contributed by atoms with Crippen molar-refractivity contribution in [2.24, 2.45) is 0 Å². The smallest absolute Gasteiger partial charge is 0.390 e. The van der Waals surface area contributed by atoms with Gasteiger partial charge in [-0.15, -0.1) is 0 Å². The SMILES string of the molecule is CC1(O)CC(n2nc(I)c3cc(Br)cc(C(F)(F)F)c32)C1. The van der Waals surface area contributed by atoms with Crippen LogP contribution in [0.4, 0.5) is 13.2 Å². The van der Waals surface area contributed by atoms with E-state index in [1.165, 1.54) is 4.68 Å². The maximum Gasteiger partial charge on any atom is 0.418 e. The molecule has 1 aromatic heterocycles. The number of benzene rings is 1. The minimum Gasteiger partial charge on any atom is -0.390 e. The van der Waals surface area contributed by atoms with E-state index in [0.29, 0.717) is 26.4 Å². The number of rotatable bonds is 1. The summed E-state index contributed by atoms with van der Waals surface area (Å²) in [5, 5.41) is 14.6. The highest BCUT2D eigenvalue weighted by Crippen LogP contribution is 2.45. The second-order valence-corrected chi connectivity index (χ2v) is 7.58. The third kappa shape index (κ3) is 2.70. The summed E-state index contributed by atoms with van der Waals surface area (Å²) < 4.78 is 42.3. The van der Waals surface area contributed by atoms with Crippen LogP contribution in [0.1, 0.15) is 31.4 Å². The lowest BCUT2D eigenvalue weighted by molar-refractivity contribution is -0.136. The van der Waals surface area contributed by atoms with Crippen molar-refractivity contribution in [3.8, 4) is 0 Å². The van der Waals surface area contributed by atoms with Gasteiger partial charge in [-0.05, 0) is 54.5 Å². The normalized spacial score (nSPS) is 26.1. The molecule has 1 N–H and O–H groups in total. The summed E-state index contributed by atoms with van der Waals surface area (Å²) >= 11 is 5.07. The van der Waals surface area contributed by atoms with Crippen LogP contribution >= 0.6 is 38.5 Å². The summed E-state index contributed by atoms with van der Waals surface area (Å²) in [6, 6.07) is 2.52. The summed E-state index contributed by atoms with van der Waals surface area (Å²) in [7, 11) is 0. The molecule has 1 aromatic carbocycles. The van der Waals surface area contributed by atoms with Crippen LogP contribution in [0.3, 0.4) is 0 Å². The van der Waals surface area contributed by atoms with E-state index in [4.69, 9.17) is 0 Å². The molecule has 114 valence electrons. The maximum absolute atomic E-state index is 13.3. The Hall–Kier alpha value is -0.350. The first-order valence-corrected chi connectivity index (χ1v) is 8.12. The van der Waals surface area contributed by atoms with Crippen molar-refractivity contribution in [2.45, 2.75) is 37.6 Å². The first kappa shape index (κ1) is 15.5. The highest BCUT2D eigenvalue weighted by molar-refractivity contribution is 14.1. The Kier molecular flexibility index (Phi) is 3.57. The Balaban J connectivity index is 2.23. The van der Waals surface area contributed by atoms with Crippen LogP contribution in [0.5, 0.6) is 0 Å². The van der Waals surface area contributed by atoms with E-state index in [-0.39, 0.29) is 11.6 Å². The Bertz CT molecular complexity index is 718. The molecule has 0 radical (unpaired) electrons. The molecule has 0 aliphatic heterocycles. The Morgan fingerprint density at radius 3 is 2.57 bits per heavy atom. The Labute approximate surface area is 140 Å². The summed E-state index contributed by atoms with van der Waals surface area (Å²) in [6.07, 6.45) is -3.63. The number of aromatic nitrogens is 2. The van der Waals surface area contributed by atoms with Crippen molar-refractivity contribution in [3.05, 3.63) is 25.9 Å². The van der Waals surface area contributed by atoms with Crippen LogP contribution in [-0.2, 0) is 6.18 Å². The molecule has 0 unspecified atom stereocenters. The second kappa shape index (κ2) is 4.82. The van der Waals surface area contributed by atoms with Crippen molar-refractivity contribution in [2.75, 3.05) is 0 Å². The van der Waals surface area contributed by atoms with Gasteiger partial charge in [-0.1, -0.05) is 15.9 Å². The van der Waals surface area contributed by atoms with Crippen LogP contribution < -0.4 is 0 Å². The monoisotopic (exact) mass is 474 g/mol. The van der Waals surface area contributed by atoms with Gasteiger partial charge in [0.1, 0.15) is 3.70 Å². The van der Waals surface area contributed by atoms with Crippen molar-refractivity contribution in [1.29, 1.82) is 0 Å². The van der Waals surface area contributed by atoms with E-state index in [9.17, 15) is 18.3 Å². The molecule has 3 rings (SSSR count). The molecular formula is C13H11BrF3IN2O. The van der Waals surface area contributed by atoms with E-state index in [0.717, 1.165) is 6.07 Å². The molecule has 0 atom stereocenters. The Morgan fingerprint density at radius 2 is 2.05 bits per heavy atom. The Morgan fingerprint density at radius 1 is 1.43 bits per heavy atom. The van der Waals surface area contributed by atoms with E-state index in [2.05, 4.69) is 21.0 Å². The minimum atomic E-state index is -4.45. The zero-order chi connectivity index (χ0) is 15.6. The third-order valence-electron chi connectivity index (χ3n) is 3.72. The van der Waals surface area contributed by atoms with Gasteiger partial charge in [0.2, 0.25) is 0 Å². The quantitative estimate of drug-likeness (QED) is 0.617. The van der Waals surface area contributed by atoms with Gasteiger partial charge in [-0.2, -0.15) is 18.3 Å². The lowest BCUT2D eigenvalue weighted by Gasteiger charge is -2.41. The predicted octanol–water partition coefficient (Wildman–Crippen LogP) is 4.51. The van der Waals surface area contributed by atoms with Crippen molar-refractivity contribution < 1.29 is 18.3 Å². The molecule has 0 amide bonds. The largest absolute Gasteiger partial charge is 0.418 e. The van der Waals surface area contributed by atoms with E-state index >= 15 is 0 Å². The molecule has 3 nitrogen and oxygen atoms in total. The molecule has 1 aliphatic carbocycles. The lowest BCUT2D eigenvalue weighted by Crippen LogP contribution is -2.42. The van der Waals surface area contributed by atoms with Gasteiger partial charge in [-0.3, -0.25) is 4.68 Å². The molecule has 21 heavy (non-hydrogen) atoms. The molecule has 0 bridgehead atoms. The average Bonchev–Trinajstić information content (AvgIpc) is 2.61. The topological polar surface area (TPSA) is 38.0 Å². The molecule has 0 saturated heterocycles. The number of hydrogen-bond acceptors (Lipinski definition) is 2. The van der Waals surface area contributed by atoms with E-state index < -0.39 is 17.3 Å². The number of aliphatic hydroxyl groups is 1. The summed E-state index contributed by atoms with van der Waals surface area (Å²) in [5.41, 5.74) is -1.42. The van der Waals surface area contributed by atoms with Gasteiger partial charge in [0.05, 0.1) is 22.7 Å². The molecule has 1 aliphatic rings. The van der Waals surface area contributed by atoms with Crippen LogP contribution in [0.2, 0.25) is 0 Å². The van der Waals surface area contributed by atoms with Gasteiger partial charge >= 0.3 is 6.18 Å². The predicted molar refractivity (Wildman–Crippen MR) is 84.0 cm³/mol. The fraction of sp³-hybridized carbons (Fsp3) is 0.462. The average molecular weight is 475 g/mol. The van der Waals surface area contributed by atoms with Crippen molar-refractivity contribution in [3.63, 3.8) is 0 Å². The molecular weight excluding hydrogens is 464 g/mol. The second-order valence-electron chi connectivity index (χ2n) is 5.64. The number of fused-ring (bicyclic) bond motifs is 1. The summed E-state index contributed by atoms with van der Waals surface area (Å²) in [5.74, 6) is 0. The summed E-state index contributed by atoms with van der Waals surface area (Å²) in [6.45, 7) is 1.68. The number of alkyl halides is 3. The molecule has 2 aromatic rings. The van der Waals surface area contributed by atoms with Crippen molar-refractivity contribution in [1.82, 2.24) is 9.78 Å². The fourth-order valence-electron chi connectivity index (χ4n) is 2.81. The number of hydrogen-bond donors (Lipinski definition) is 1. The standard InChI is InChI=1S/C13H11BrF3IN2O/c1-12(21)4-7(5-12)20-10-8(11(18)19-20)2-6(14)3-9(10)13(15,16)17/h2-3,7,21H,4-5H2,1H3. The zero-order valence-electron chi connectivity index (χ0n) is 10.9. The first-order chi connectivity index (χ1) is 9.58. The van der Waals surface area contributed by atoms with Crippen LogP contribution in [-0.4, -0.2) is 20.5 Å². The van der Waals surface area contributed by atoms with Gasteiger partial charge in [-0.25, -0.2) is 0 Å². The molecule has 8 heteroatoms. The molecule has 1 heterocycles.